The first-order valence-corrected chi connectivity index (χ1v) is 19.8. The van der Waals surface area contributed by atoms with Crippen LogP contribution >= 0.6 is 11.6 Å². The zero-order valence-corrected chi connectivity index (χ0v) is 32.6. The highest BCUT2D eigenvalue weighted by Gasteiger charge is 2.44. The van der Waals surface area contributed by atoms with E-state index in [9.17, 15) is 0 Å². The average molecular weight is 765 g/mol. The van der Waals surface area contributed by atoms with Gasteiger partial charge >= 0.3 is 0 Å². The topological polar surface area (TPSA) is 46.2 Å². The molecule has 0 N–H and O–H groups in total. The summed E-state index contributed by atoms with van der Waals surface area (Å²) in [6.45, 7) is 4.07. The molecule has 6 aromatic carbocycles. The smallest absolute Gasteiger partial charge is 0.146 e. The van der Waals surface area contributed by atoms with Crippen LogP contribution < -0.4 is 4.74 Å². The highest BCUT2D eigenvalue weighted by atomic mass is 35.5. The number of halogens is 1. The minimum absolute atomic E-state index is 0.321. The molecule has 56 heavy (non-hydrogen) atoms. The second-order valence-electron chi connectivity index (χ2n) is 14.1. The highest BCUT2D eigenvalue weighted by molar-refractivity contribution is 6.30. The van der Waals surface area contributed by atoms with E-state index in [1.807, 2.05) is 91.0 Å². The van der Waals surface area contributed by atoms with Gasteiger partial charge < -0.3 is 23.7 Å². The van der Waals surface area contributed by atoms with Crippen molar-refractivity contribution < 1.29 is 23.7 Å². The monoisotopic (exact) mass is 764 g/mol. The van der Waals surface area contributed by atoms with Crippen LogP contribution in [0.1, 0.15) is 45.9 Å². The summed E-state index contributed by atoms with van der Waals surface area (Å²) in [4.78, 5) is 0. The van der Waals surface area contributed by atoms with Gasteiger partial charge in [0.2, 0.25) is 0 Å². The fourth-order valence-electron chi connectivity index (χ4n) is 6.99. The van der Waals surface area contributed by atoms with Gasteiger partial charge in [0.15, 0.2) is 0 Å². The van der Waals surface area contributed by atoms with E-state index in [1.54, 1.807) is 0 Å². The Kier molecular flexibility index (Phi) is 14.2. The summed E-state index contributed by atoms with van der Waals surface area (Å²) in [6, 6.07) is 55.4. The van der Waals surface area contributed by atoms with E-state index in [0.29, 0.717) is 44.5 Å². The molecular formula is C50H49ClO5. The summed E-state index contributed by atoms with van der Waals surface area (Å²) >= 11 is 6.63. The minimum atomic E-state index is -0.551. The fourth-order valence-corrected chi connectivity index (χ4v) is 7.19. The van der Waals surface area contributed by atoms with Crippen LogP contribution in [0.25, 0.3) is 0 Å². The third-order valence-electron chi connectivity index (χ3n) is 10.0. The van der Waals surface area contributed by atoms with E-state index in [1.165, 1.54) is 11.1 Å². The lowest BCUT2D eigenvalue weighted by atomic mass is 9.88. The Bertz CT molecular complexity index is 2090. The predicted octanol–water partition coefficient (Wildman–Crippen LogP) is 11.2. The molecule has 5 nitrogen and oxygen atoms in total. The number of hydrogen-bond donors (Lipinski definition) is 0. The Morgan fingerprint density at radius 2 is 0.982 bits per heavy atom. The van der Waals surface area contributed by atoms with Crippen molar-refractivity contribution in [2.24, 2.45) is 0 Å². The van der Waals surface area contributed by atoms with Gasteiger partial charge in [-0.1, -0.05) is 164 Å². The van der Waals surface area contributed by atoms with E-state index in [0.717, 1.165) is 45.6 Å². The normalized spacial score (nSPS) is 18.0. The van der Waals surface area contributed by atoms with Crippen LogP contribution in [0.2, 0.25) is 5.02 Å². The number of benzene rings is 6. The van der Waals surface area contributed by atoms with Crippen LogP contribution in [0.15, 0.2) is 175 Å². The van der Waals surface area contributed by atoms with Gasteiger partial charge in [-0.25, -0.2) is 0 Å². The first-order chi connectivity index (χ1) is 27.6. The number of hydrogen-bond acceptors (Lipinski definition) is 5. The van der Waals surface area contributed by atoms with Crippen molar-refractivity contribution in [2.45, 2.75) is 70.6 Å². The maximum Gasteiger partial charge on any atom is 0.146 e. The van der Waals surface area contributed by atoms with Crippen LogP contribution in [0.3, 0.4) is 0 Å². The third kappa shape index (κ3) is 11.1. The van der Waals surface area contributed by atoms with Crippen LogP contribution in [0, 0.1) is 0 Å². The highest BCUT2D eigenvalue weighted by Crippen LogP contribution is 2.35. The van der Waals surface area contributed by atoms with E-state index in [4.69, 9.17) is 35.3 Å². The molecule has 0 heterocycles. The average Bonchev–Trinajstić information content (AvgIpc) is 3.25. The Morgan fingerprint density at radius 3 is 1.54 bits per heavy atom. The van der Waals surface area contributed by atoms with Crippen molar-refractivity contribution in [3.63, 3.8) is 0 Å². The molecule has 0 fully saturated rings. The van der Waals surface area contributed by atoms with Crippen molar-refractivity contribution in [3.8, 4) is 5.75 Å². The molecule has 0 aliphatic heterocycles. The molecule has 4 atom stereocenters. The fraction of sp³-hybridized carbons (Fsp3) is 0.240. The molecule has 286 valence electrons. The van der Waals surface area contributed by atoms with Crippen molar-refractivity contribution in [2.75, 3.05) is 6.61 Å². The van der Waals surface area contributed by atoms with Crippen molar-refractivity contribution in [1.29, 1.82) is 0 Å². The summed E-state index contributed by atoms with van der Waals surface area (Å²) in [5.74, 6) is 0.735. The van der Waals surface area contributed by atoms with Gasteiger partial charge in [-0.15, -0.1) is 0 Å². The van der Waals surface area contributed by atoms with E-state index in [2.05, 4.69) is 85.8 Å². The van der Waals surface area contributed by atoms with Crippen LogP contribution in [-0.2, 0) is 58.2 Å². The lowest BCUT2D eigenvalue weighted by Crippen LogP contribution is -2.54. The standard InChI is InChI=1S/C50H49ClO5/c1-2-37-23-25-38(26-24-37)29-43-30-45(51)27-28-46(43)56-47-31-44(36-52-32-39-15-7-3-8-16-39)48(53-33-40-17-9-4-10-18-40)50(55-35-42-21-13-6-14-22-42)49(47)54-34-41-19-11-5-12-20-41/h3-28,30-31,47-50H,2,29,32-36H2,1H3/t47-,48?,49+,50?/m1/s1. The third-order valence-corrected chi connectivity index (χ3v) is 10.3. The molecule has 6 aromatic rings. The maximum atomic E-state index is 7.10. The molecule has 1 aliphatic carbocycles. The summed E-state index contributed by atoms with van der Waals surface area (Å²) in [5, 5.41) is 0.655. The van der Waals surface area contributed by atoms with E-state index >= 15 is 0 Å². The Labute approximate surface area is 336 Å². The first-order valence-electron chi connectivity index (χ1n) is 19.4. The molecule has 7 rings (SSSR count). The molecule has 0 aromatic heterocycles. The van der Waals surface area contributed by atoms with Gasteiger partial charge in [-0.2, -0.15) is 0 Å². The SMILES string of the molecule is CCc1ccc(Cc2cc(Cl)ccc2O[C@@H]2C=C(COCc3ccccc3)C(OCc3ccccc3)C(OCc3ccccc3)[C@H]2OCc2ccccc2)cc1. The van der Waals surface area contributed by atoms with Gasteiger partial charge in [0.25, 0.3) is 0 Å². The van der Waals surface area contributed by atoms with E-state index in [-0.39, 0.29) is 0 Å². The van der Waals surface area contributed by atoms with Crippen molar-refractivity contribution >= 4 is 11.6 Å². The zero-order valence-electron chi connectivity index (χ0n) is 31.8. The molecule has 1 aliphatic rings. The minimum Gasteiger partial charge on any atom is -0.483 e. The second kappa shape index (κ2) is 20.2. The molecular weight excluding hydrogens is 716 g/mol. The lowest BCUT2D eigenvalue weighted by molar-refractivity contribution is -0.169. The molecule has 0 bridgehead atoms. The van der Waals surface area contributed by atoms with Gasteiger partial charge in [0, 0.05) is 17.0 Å². The van der Waals surface area contributed by atoms with Crippen LogP contribution in [-0.4, -0.2) is 31.0 Å². The Balaban J connectivity index is 1.26. The molecule has 0 spiro atoms. The summed E-state index contributed by atoms with van der Waals surface area (Å²) in [7, 11) is 0. The molecule has 2 unspecified atom stereocenters. The number of rotatable bonds is 18. The zero-order chi connectivity index (χ0) is 38.4. The van der Waals surface area contributed by atoms with Gasteiger partial charge in [0.1, 0.15) is 30.2 Å². The number of ether oxygens (including phenoxy) is 5. The molecule has 0 saturated carbocycles. The van der Waals surface area contributed by atoms with Crippen LogP contribution in [0.5, 0.6) is 5.75 Å². The molecule has 0 saturated heterocycles. The summed E-state index contributed by atoms with van der Waals surface area (Å²) in [5.41, 5.74) is 8.67. The molecule has 6 heteroatoms. The van der Waals surface area contributed by atoms with Crippen molar-refractivity contribution in [1.82, 2.24) is 0 Å². The lowest BCUT2D eigenvalue weighted by Gasteiger charge is -2.42. The first kappa shape index (κ1) is 39.2. The Morgan fingerprint density at radius 1 is 0.482 bits per heavy atom. The van der Waals surface area contributed by atoms with Gasteiger partial charge in [-0.3, -0.25) is 0 Å². The number of aryl methyl sites for hydroxylation is 1. The Hall–Kier alpha value is -5.01. The molecule has 0 radical (unpaired) electrons. The molecule has 0 amide bonds. The maximum absolute atomic E-state index is 7.10. The second-order valence-corrected chi connectivity index (χ2v) is 14.6. The van der Waals surface area contributed by atoms with Gasteiger partial charge in [-0.05, 0) is 69.6 Å². The largest absolute Gasteiger partial charge is 0.483 e. The van der Waals surface area contributed by atoms with E-state index < -0.39 is 24.4 Å². The van der Waals surface area contributed by atoms with Crippen LogP contribution in [0.4, 0.5) is 0 Å². The van der Waals surface area contributed by atoms with Crippen molar-refractivity contribution in [3.05, 3.63) is 219 Å². The van der Waals surface area contributed by atoms with Gasteiger partial charge in [0.05, 0.1) is 33.0 Å². The quantitative estimate of drug-likeness (QED) is 0.0816. The summed E-state index contributed by atoms with van der Waals surface area (Å²) in [6.07, 6.45) is 1.65. The predicted molar refractivity (Wildman–Crippen MR) is 224 cm³/mol. The summed E-state index contributed by atoms with van der Waals surface area (Å²) < 4.78 is 34.3.